The van der Waals surface area contributed by atoms with Crippen LogP contribution in [0.4, 0.5) is 13.2 Å². The summed E-state index contributed by atoms with van der Waals surface area (Å²) < 4.78 is 45.7. The number of amides is 1. The first-order valence-electron chi connectivity index (χ1n) is 10.5. The van der Waals surface area contributed by atoms with E-state index in [2.05, 4.69) is 6.08 Å². The van der Waals surface area contributed by atoms with E-state index in [0.29, 0.717) is 25.9 Å². The van der Waals surface area contributed by atoms with Crippen LogP contribution >= 0.6 is 0 Å². The van der Waals surface area contributed by atoms with Crippen LogP contribution in [0.2, 0.25) is 0 Å². The first-order chi connectivity index (χ1) is 14.3. The van der Waals surface area contributed by atoms with E-state index in [-0.39, 0.29) is 30.4 Å². The fourth-order valence-corrected chi connectivity index (χ4v) is 4.48. The number of likely N-dealkylation sites (tertiary alicyclic amines) is 1. The van der Waals surface area contributed by atoms with Crippen molar-refractivity contribution in [2.24, 2.45) is 11.3 Å². The van der Waals surface area contributed by atoms with Crippen LogP contribution in [-0.4, -0.2) is 36.5 Å². The summed E-state index contributed by atoms with van der Waals surface area (Å²) in [4.78, 5) is 27.4. The van der Waals surface area contributed by atoms with Gasteiger partial charge in [-0.3, -0.25) is 9.59 Å². The van der Waals surface area contributed by atoms with Gasteiger partial charge in [0.1, 0.15) is 0 Å². The highest BCUT2D eigenvalue weighted by atomic mass is 19.4. The van der Waals surface area contributed by atoms with Crippen LogP contribution in [0.15, 0.2) is 36.4 Å². The predicted molar refractivity (Wildman–Crippen MR) is 107 cm³/mol. The van der Waals surface area contributed by atoms with Crippen molar-refractivity contribution in [2.45, 2.75) is 51.6 Å². The van der Waals surface area contributed by atoms with Gasteiger partial charge in [-0.25, -0.2) is 0 Å². The van der Waals surface area contributed by atoms with Gasteiger partial charge in [-0.05, 0) is 57.1 Å². The Bertz CT molecular complexity index is 795. The topological polar surface area (TPSA) is 46.6 Å². The number of nitrogens with zero attached hydrogens (tertiary/aromatic N) is 1. The van der Waals surface area contributed by atoms with Gasteiger partial charge >= 0.3 is 12.1 Å². The Morgan fingerprint density at radius 1 is 1.17 bits per heavy atom. The molecule has 7 heteroatoms. The molecule has 0 spiro atoms. The van der Waals surface area contributed by atoms with E-state index < -0.39 is 23.1 Å². The third kappa shape index (κ3) is 4.87. The Hall–Kier alpha value is -2.31. The third-order valence-electron chi connectivity index (χ3n) is 6.21. The van der Waals surface area contributed by atoms with Crippen molar-refractivity contribution in [2.75, 3.05) is 19.7 Å². The average Bonchev–Trinajstić information content (AvgIpc) is 2.74. The number of carbonyl (C=O) groups is 2. The molecule has 1 aliphatic heterocycles. The number of ether oxygens (including phenoxy) is 1. The van der Waals surface area contributed by atoms with Gasteiger partial charge in [0.2, 0.25) is 5.91 Å². The lowest BCUT2D eigenvalue weighted by Crippen LogP contribution is -2.49. The number of halogens is 3. The zero-order chi connectivity index (χ0) is 21.8. The van der Waals surface area contributed by atoms with Gasteiger partial charge in [0.25, 0.3) is 0 Å². The van der Waals surface area contributed by atoms with Crippen molar-refractivity contribution >= 4 is 11.9 Å². The van der Waals surface area contributed by atoms with Crippen molar-refractivity contribution < 1.29 is 27.5 Å². The molecule has 1 aromatic rings. The number of carbonyl (C=O) groups excluding carboxylic acids is 2. The molecular formula is C23H28F3NO3. The molecule has 30 heavy (non-hydrogen) atoms. The monoisotopic (exact) mass is 423 g/mol. The molecule has 0 aromatic heterocycles. The van der Waals surface area contributed by atoms with E-state index in [1.165, 1.54) is 12.1 Å². The SMILES string of the molecule is CCOC(=O)C1(Cc2ccccc2C(F)(F)F)CCN(C(=O)[C@H]2CC=CCC2)CC1. The van der Waals surface area contributed by atoms with Crippen LogP contribution in [0.5, 0.6) is 0 Å². The largest absolute Gasteiger partial charge is 0.466 e. The Kier molecular flexibility index (Phi) is 6.88. The molecule has 1 heterocycles. The van der Waals surface area contributed by atoms with Crippen LogP contribution in [0, 0.1) is 11.3 Å². The number of hydrogen-bond donors (Lipinski definition) is 0. The molecule has 1 atom stereocenters. The number of rotatable bonds is 5. The van der Waals surface area contributed by atoms with Crippen molar-refractivity contribution in [1.82, 2.24) is 4.90 Å². The highest BCUT2D eigenvalue weighted by Crippen LogP contribution is 2.41. The summed E-state index contributed by atoms with van der Waals surface area (Å²) in [7, 11) is 0. The van der Waals surface area contributed by atoms with E-state index in [9.17, 15) is 22.8 Å². The van der Waals surface area contributed by atoms with E-state index >= 15 is 0 Å². The second-order valence-corrected chi connectivity index (χ2v) is 8.14. The average molecular weight is 423 g/mol. The molecule has 0 N–H and O–H groups in total. The van der Waals surface area contributed by atoms with Crippen LogP contribution in [0.25, 0.3) is 0 Å². The lowest BCUT2D eigenvalue weighted by atomic mass is 9.72. The molecule has 164 valence electrons. The van der Waals surface area contributed by atoms with E-state index in [1.807, 2.05) is 6.08 Å². The molecule has 3 rings (SSSR count). The minimum atomic E-state index is -4.49. The van der Waals surface area contributed by atoms with Crippen LogP contribution in [0.3, 0.4) is 0 Å². The van der Waals surface area contributed by atoms with Crippen LogP contribution < -0.4 is 0 Å². The Morgan fingerprint density at radius 2 is 1.87 bits per heavy atom. The number of allylic oxidation sites excluding steroid dienone is 2. The van der Waals surface area contributed by atoms with Gasteiger partial charge in [0.15, 0.2) is 0 Å². The lowest BCUT2D eigenvalue weighted by molar-refractivity contribution is -0.161. The standard InChI is InChI=1S/C23H28F3NO3/c1-2-30-21(29)22(16-18-10-6-7-11-19(18)23(24,25)26)12-14-27(15-13-22)20(28)17-8-4-3-5-9-17/h3-4,6-7,10-11,17H,2,5,8-9,12-16H2,1H3/t17-/m0/s1. The molecular weight excluding hydrogens is 395 g/mol. The van der Waals surface area contributed by atoms with E-state index in [4.69, 9.17) is 4.74 Å². The van der Waals surface area contributed by atoms with Crippen molar-refractivity contribution in [3.05, 3.63) is 47.5 Å². The zero-order valence-electron chi connectivity index (χ0n) is 17.2. The summed E-state index contributed by atoms with van der Waals surface area (Å²) in [5, 5.41) is 0. The molecule has 1 aromatic carbocycles. The third-order valence-corrected chi connectivity index (χ3v) is 6.21. The summed E-state index contributed by atoms with van der Waals surface area (Å²) in [6.45, 7) is 2.56. The summed E-state index contributed by atoms with van der Waals surface area (Å²) in [6, 6.07) is 5.38. The highest BCUT2D eigenvalue weighted by Gasteiger charge is 2.46. The maximum Gasteiger partial charge on any atom is 0.416 e. The Labute approximate surface area is 175 Å². The van der Waals surface area contributed by atoms with Gasteiger partial charge in [-0.15, -0.1) is 0 Å². The maximum absolute atomic E-state index is 13.5. The van der Waals surface area contributed by atoms with Gasteiger partial charge < -0.3 is 9.64 Å². The van der Waals surface area contributed by atoms with E-state index in [1.54, 1.807) is 17.9 Å². The summed E-state index contributed by atoms with van der Waals surface area (Å²) in [6.07, 6.45) is 2.57. The highest BCUT2D eigenvalue weighted by molar-refractivity contribution is 5.81. The van der Waals surface area contributed by atoms with Crippen molar-refractivity contribution in [1.29, 1.82) is 0 Å². The van der Waals surface area contributed by atoms with Gasteiger partial charge in [0.05, 0.1) is 17.6 Å². The van der Waals surface area contributed by atoms with Gasteiger partial charge in [0, 0.05) is 19.0 Å². The van der Waals surface area contributed by atoms with Crippen LogP contribution in [0.1, 0.15) is 50.2 Å². The molecule has 1 fully saturated rings. The fraction of sp³-hybridized carbons (Fsp3) is 0.565. The minimum Gasteiger partial charge on any atom is -0.466 e. The summed E-state index contributed by atoms with van der Waals surface area (Å²) in [5.41, 5.74) is -1.68. The quantitative estimate of drug-likeness (QED) is 0.506. The first kappa shape index (κ1) is 22.4. The second kappa shape index (κ2) is 9.23. The molecule has 0 saturated carbocycles. The van der Waals surface area contributed by atoms with Crippen LogP contribution in [-0.2, 0) is 26.9 Å². The minimum absolute atomic E-state index is 0.0453. The molecule has 1 aliphatic carbocycles. The predicted octanol–water partition coefficient (Wildman–Crippen LogP) is 4.78. The van der Waals surface area contributed by atoms with Gasteiger partial charge in [-0.1, -0.05) is 30.4 Å². The smallest absolute Gasteiger partial charge is 0.416 e. The number of alkyl halides is 3. The molecule has 0 unspecified atom stereocenters. The molecule has 1 amide bonds. The molecule has 0 radical (unpaired) electrons. The summed E-state index contributed by atoms with van der Waals surface area (Å²) in [5.74, 6) is -0.446. The molecule has 0 bridgehead atoms. The number of benzene rings is 1. The zero-order valence-corrected chi connectivity index (χ0v) is 17.2. The Morgan fingerprint density at radius 3 is 2.47 bits per heavy atom. The van der Waals surface area contributed by atoms with Gasteiger partial charge in [-0.2, -0.15) is 13.2 Å². The molecule has 1 saturated heterocycles. The normalized spacial score (nSPS) is 21.3. The molecule has 4 nitrogen and oxygen atoms in total. The van der Waals surface area contributed by atoms with Crippen molar-refractivity contribution in [3.63, 3.8) is 0 Å². The maximum atomic E-state index is 13.5. The lowest BCUT2D eigenvalue weighted by Gasteiger charge is -2.41. The van der Waals surface area contributed by atoms with Crippen molar-refractivity contribution in [3.8, 4) is 0 Å². The number of hydrogen-bond acceptors (Lipinski definition) is 3. The first-order valence-corrected chi connectivity index (χ1v) is 10.5. The van der Waals surface area contributed by atoms with E-state index in [0.717, 1.165) is 25.3 Å². The fourth-order valence-electron chi connectivity index (χ4n) is 4.48. The second-order valence-electron chi connectivity index (χ2n) is 8.14. The number of piperidine rings is 1. The molecule has 2 aliphatic rings. The summed E-state index contributed by atoms with van der Waals surface area (Å²) >= 11 is 0. The number of esters is 1. The Balaban J connectivity index is 1.79.